The van der Waals surface area contributed by atoms with Crippen molar-refractivity contribution in [3.63, 3.8) is 0 Å². The number of benzene rings is 4. The predicted octanol–water partition coefficient (Wildman–Crippen LogP) is 7.97. The number of thiophene rings is 1. The van der Waals surface area contributed by atoms with Crippen molar-refractivity contribution in [1.82, 2.24) is 4.57 Å². The molecule has 6 aromatic rings. The number of hydrogen-bond donors (Lipinski definition) is 0. The van der Waals surface area contributed by atoms with E-state index in [9.17, 15) is 4.79 Å². The number of hydrogen-bond acceptors (Lipinski definition) is 3. The molecule has 4 heteroatoms. The molecule has 0 aliphatic rings. The molecule has 2 heterocycles. The highest BCUT2D eigenvalue weighted by Gasteiger charge is 2.29. The maximum atomic E-state index is 14.0. The highest BCUT2D eigenvalue weighted by molar-refractivity contribution is 7.09. The van der Waals surface area contributed by atoms with Gasteiger partial charge in [0.15, 0.2) is 6.10 Å². The number of aromatic nitrogens is 1. The number of esters is 1. The highest BCUT2D eigenvalue weighted by atomic mass is 32.1. The largest absolute Gasteiger partial charge is 0.451 e. The molecule has 1 atom stereocenters. The van der Waals surface area contributed by atoms with Crippen LogP contribution in [0.25, 0.3) is 21.5 Å². The minimum atomic E-state index is -0.545. The molecular formula is C32H25NO2S. The second-order valence-electron chi connectivity index (χ2n) is 8.88. The summed E-state index contributed by atoms with van der Waals surface area (Å²) in [5.41, 5.74) is 1.97. The van der Waals surface area contributed by atoms with Crippen molar-refractivity contribution < 1.29 is 9.53 Å². The highest BCUT2D eigenvalue weighted by Crippen LogP contribution is 2.37. The minimum absolute atomic E-state index is 0.245. The van der Waals surface area contributed by atoms with Crippen LogP contribution in [-0.4, -0.2) is 10.5 Å². The topological polar surface area (TPSA) is 31.2 Å². The molecule has 0 bridgehead atoms. The molecule has 0 unspecified atom stereocenters. The van der Waals surface area contributed by atoms with Gasteiger partial charge in [0.05, 0.1) is 0 Å². The van der Waals surface area contributed by atoms with Crippen LogP contribution in [0.2, 0.25) is 0 Å². The van der Waals surface area contributed by atoms with Gasteiger partial charge < -0.3 is 9.30 Å². The Kier molecular flexibility index (Phi) is 6.10. The lowest BCUT2D eigenvalue weighted by molar-refractivity contribution is -0.151. The average molecular weight is 488 g/mol. The number of carbonyl (C=O) groups excluding carboxylic acids is 1. The van der Waals surface area contributed by atoms with Crippen molar-refractivity contribution >= 4 is 38.9 Å². The second kappa shape index (κ2) is 9.84. The van der Waals surface area contributed by atoms with E-state index in [1.165, 1.54) is 0 Å². The normalized spacial score (nSPS) is 12.2. The Bertz CT molecular complexity index is 1530. The van der Waals surface area contributed by atoms with Gasteiger partial charge in [-0.25, -0.2) is 4.79 Å². The number of ether oxygens (including phenoxy) is 1. The van der Waals surface area contributed by atoms with Crippen molar-refractivity contribution in [1.29, 1.82) is 0 Å². The Morgan fingerprint density at radius 1 is 0.694 bits per heavy atom. The van der Waals surface area contributed by atoms with Crippen LogP contribution < -0.4 is 0 Å². The van der Waals surface area contributed by atoms with Crippen LogP contribution in [0.4, 0.5) is 0 Å². The summed E-state index contributed by atoms with van der Waals surface area (Å²) in [4.78, 5) is 15.1. The number of fused-ring (bicyclic) bond motifs is 2. The molecule has 0 spiro atoms. The first-order valence-corrected chi connectivity index (χ1v) is 13.0. The number of nitrogens with zero attached hydrogens (tertiary/aromatic N) is 1. The van der Waals surface area contributed by atoms with Crippen LogP contribution >= 0.6 is 11.3 Å². The van der Waals surface area contributed by atoms with E-state index >= 15 is 0 Å². The standard InChI is InChI=1S/C32H25NO2S/c34-32(30(33-19-5-6-20-33)22-25-14-9-21-36-25)35-31(28-17-7-12-23-10-1-3-15-26(23)28)29-18-8-13-24-11-2-4-16-27(24)29/h1-21,30-31H,22H2/t30-/m0/s1. The van der Waals surface area contributed by atoms with E-state index in [0.29, 0.717) is 6.42 Å². The van der Waals surface area contributed by atoms with Gasteiger partial charge in [0, 0.05) is 34.8 Å². The molecule has 2 aromatic heterocycles. The van der Waals surface area contributed by atoms with Gasteiger partial charge in [-0.15, -0.1) is 11.3 Å². The number of carbonyl (C=O) groups is 1. The fourth-order valence-electron chi connectivity index (χ4n) is 4.93. The summed E-state index contributed by atoms with van der Waals surface area (Å²) in [6.07, 6.45) is 3.91. The summed E-state index contributed by atoms with van der Waals surface area (Å²) < 4.78 is 8.47. The SMILES string of the molecule is O=C(OC(c1cccc2ccccc12)c1cccc2ccccc12)[C@H](Cc1cccs1)n1cccc1. The third-order valence-electron chi connectivity index (χ3n) is 6.68. The van der Waals surface area contributed by atoms with Gasteiger partial charge in [-0.05, 0) is 45.1 Å². The molecule has 3 nitrogen and oxygen atoms in total. The summed E-state index contributed by atoms with van der Waals surface area (Å²) in [5.74, 6) is -0.245. The number of rotatable bonds is 7. The van der Waals surface area contributed by atoms with Crippen LogP contribution in [0.1, 0.15) is 28.1 Å². The van der Waals surface area contributed by atoms with Gasteiger partial charge in [0.25, 0.3) is 0 Å². The molecule has 0 radical (unpaired) electrons. The lowest BCUT2D eigenvalue weighted by atomic mass is 9.92. The molecule has 0 saturated heterocycles. The molecule has 0 aliphatic carbocycles. The Balaban J connectivity index is 1.47. The van der Waals surface area contributed by atoms with Crippen molar-refractivity contribution in [2.75, 3.05) is 0 Å². The van der Waals surface area contributed by atoms with E-state index in [0.717, 1.165) is 37.5 Å². The van der Waals surface area contributed by atoms with E-state index in [4.69, 9.17) is 4.74 Å². The van der Waals surface area contributed by atoms with Crippen LogP contribution in [0.15, 0.2) is 127 Å². The van der Waals surface area contributed by atoms with Crippen molar-refractivity contribution in [2.45, 2.75) is 18.6 Å². The van der Waals surface area contributed by atoms with Crippen LogP contribution in [-0.2, 0) is 16.0 Å². The van der Waals surface area contributed by atoms with E-state index in [1.54, 1.807) is 11.3 Å². The lowest BCUT2D eigenvalue weighted by Crippen LogP contribution is -2.25. The van der Waals surface area contributed by atoms with E-state index in [2.05, 4.69) is 54.6 Å². The average Bonchev–Trinajstić information content (AvgIpc) is 3.65. The van der Waals surface area contributed by atoms with Gasteiger partial charge in [-0.1, -0.05) is 91.0 Å². The first kappa shape index (κ1) is 22.3. The van der Waals surface area contributed by atoms with Gasteiger partial charge >= 0.3 is 5.97 Å². The van der Waals surface area contributed by atoms with Crippen LogP contribution in [0.3, 0.4) is 0 Å². The van der Waals surface area contributed by atoms with Gasteiger partial charge in [0.1, 0.15) is 6.04 Å². The summed E-state index contributed by atoms with van der Waals surface area (Å²) in [6, 6.07) is 36.5. The monoisotopic (exact) mass is 487 g/mol. The van der Waals surface area contributed by atoms with Crippen molar-refractivity contribution in [3.05, 3.63) is 143 Å². The molecule has 0 fully saturated rings. The smallest absolute Gasteiger partial charge is 0.330 e. The molecule has 0 saturated carbocycles. The fourth-order valence-corrected chi connectivity index (χ4v) is 5.68. The predicted molar refractivity (Wildman–Crippen MR) is 147 cm³/mol. The summed E-state index contributed by atoms with van der Waals surface area (Å²) in [6.45, 7) is 0. The third-order valence-corrected chi connectivity index (χ3v) is 7.58. The maximum absolute atomic E-state index is 14.0. The molecular weight excluding hydrogens is 462 g/mol. The van der Waals surface area contributed by atoms with Gasteiger partial charge in [0.2, 0.25) is 0 Å². The Hall–Kier alpha value is -4.15. The molecule has 0 N–H and O–H groups in total. The summed E-state index contributed by atoms with van der Waals surface area (Å²) in [7, 11) is 0. The fraction of sp³-hybridized carbons (Fsp3) is 0.0938. The Morgan fingerprint density at radius 2 is 1.28 bits per heavy atom. The van der Waals surface area contributed by atoms with Gasteiger partial charge in [-0.2, -0.15) is 0 Å². The van der Waals surface area contributed by atoms with Crippen LogP contribution in [0.5, 0.6) is 0 Å². The zero-order valence-electron chi connectivity index (χ0n) is 19.7. The van der Waals surface area contributed by atoms with Gasteiger partial charge in [-0.3, -0.25) is 0 Å². The zero-order valence-corrected chi connectivity index (χ0v) is 20.5. The van der Waals surface area contributed by atoms with Crippen molar-refractivity contribution in [3.8, 4) is 0 Å². The van der Waals surface area contributed by atoms with Crippen LogP contribution in [0, 0.1) is 0 Å². The van der Waals surface area contributed by atoms with E-state index < -0.39 is 12.1 Å². The molecule has 0 amide bonds. The molecule has 6 rings (SSSR count). The van der Waals surface area contributed by atoms with E-state index in [-0.39, 0.29) is 5.97 Å². The molecule has 4 aromatic carbocycles. The summed E-state index contributed by atoms with van der Waals surface area (Å²) >= 11 is 1.66. The maximum Gasteiger partial charge on any atom is 0.330 e. The first-order valence-electron chi connectivity index (χ1n) is 12.1. The minimum Gasteiger partial charge on any atom is -0.451 e. The zero-order chi connectivity index (χ0) is 24.3. The Labute approximate surface area is 214 Å². The third kappa shape index (κ3) is 4.32. The van der Waals surface area contributed by atoms with E-state index in [1.807, 2.05) is 76.9 Å². The molecule has 36 heavy (non-hydrogen) atoms. The van der Waals surface area contributed by atoms with Crippen molar-refractivity contribution in [2.24, 2.45) is 0 Å². The molecule has 0 aliphatic heterocycles. The first-order chi connectivity index (χ1) is 17.8. The summed E-state index contributed by atoms with van der Waals surface area (Å²) in [5, 5.41) is 6.46. The Morgan fingerprint density at radius 3 is 1.86 bits per heavy atom. The quantitative estimate of drug-likeness (QED) is 0.214. The second-order valence-corrected chi connectivity index (χ2v) is 9.92. The lowest BCUT2D eigenvalue weighted by Gasteiger charge is -2.25. The molecule has 176 valence electrons.